The van der Waals surface area contributed by atoms with Crippen LogP contribution in [0.25, 0.3) is 0 Å². The highest BCUT2D eigenvalue weighted by Crippen LogP contribution is 2.46. The third kappa shape index (κ3) is 2.59. The number of hydrogen-bond acceptors (Lipinski definition) is 4. The van der Waals surface area contributed by atoms with Gasteiger partial charge in [-0.2, -0.15) is 0 Å². The number of nitrogens with zero attached hydrogens (tertiary/aromatic N) is 1. The fourth-order valence-electron chi connectivity index (χ4n) is 4.19. The van der Waals surface area contributed by atoms with Crippen molar-refractivity contribution in [2.24, 2.45) is 0 Å². The van der Waals surface area contributed by atoms with Crippen LogP contribution in [-0.4, -0.2) is 25.8 Å². The number of hydrogen-bond donors (Lipinski definition) is 1. The van der Waals surface area contributed by atoms with Gasteiger partial charge in [0.2, 0.25) is 0 Å². The molecule has 136 valence electrons. The summed E-state index contributed by atoms with van der Waals surface area (Å²) in [7, 11) is 3.25. The molecule has 26 heavy (non-hydrogen) atoms. The van der Waals surface area contributed by atoms with Gasteiger partial charge in [-0.3, -0.25) is 9.69 Å². The molecule has 1 aliphatic carbocycles. The molecule has 0 unspecified atom stereocenters. The fraction of sp³-hybridized carbons (Fsp3) is 0.381. The average Bonchev–Trinajstić information content (AvgIpc) is 2.69. The van der Waals surface area contributed by atoms with Crippen molar-refractivity contribution in [2.45, 2.75) is 37.8 Å². The largest absolute Gasteiger partial charge is 0.497 e. The number of fused-ring (bicyclic) bond motifs is 1. The van der Waals surface area contributed by atoms with Crippen molar-refractivity contribution in [3.05, 3.63) is 48.0 Å². The summed E-state index contributed by atoms with van der Waals surface area (Å²) in [5.41, 5.74) is 1.98. The highest BCUT2D eigenvalue weighted by Gasteiger charge is 2.46. The van der Waals surface area contributed by atoms with Crippen LogP contribution in [0.2, 0.25) is 0 Å². The Hall–Kier alpha value is -2.69. The number of anilines is 2. The molecule has 0 radical (unpaired) electrons. The maximum absolute atomic E-state index is 13.5. The molecular weight excluding hydrogens is 328 g/mol. The number of ether oxygens (including phenoxy) is 2. The van der Waals surface area contributed by atoms with Crippen molar-refractivity contribution < 1.29 is 14.3 Å². The van der Waals surface area contributed by atoms with Crippen molar-refractivity contribution in [1.82, 2.24) is 0 Å². The van der Waals surface area contributed by atoms with Crippen molar-refractivity contribution in [2.75, 3.05) is 24.4 Å². The van der Waals surface area contributed by atoms with Crippen molar-refractivity contribution >= 4 is 17.3 Å². The number of carbonyl (C=O) groups is 1. The Morgan fingerprint density at radius 1 is 1.00 bits per heavy atom. The Balaban J connectivity index is 1.88. The van der Waals surface area contributed by atoms with E-state index in [9.17, 15) is 4.79 Å². The summed E-state index contributed by atoms with van der Waals surface area (Å²) in [6.45, 7) is 0. The molecule has 1 N–H and O–H groups in total. The molecule has 1 spiro atoms. The number of methoxy groups -OCH3 is 2. The lowest BCUT2D eigenvalue weighted by Gasteiger charge is -2.50. The zero-order valence-electron chi connectivity index (χ0n) is 15.2. The lowest BCUT2D eigenvalue weighted by Crippen LogP contribution is -2.61. The highest BCUT2D eigenvalue weighted by atomic mass is 16.5. The molecule has 1 saturated carbocycles. The van der Waals surface area contributed by atoms with E-state index < -0.39 is 5.66 Å². The molecule has 0 saturated heterocycles. The molecule has 0 atom stereocenters. The maximum atomic E-state index is 13.5. The van der Waals surface area contributed by atoms with Gasteiger partial charge in [0, 0.05) is 11.8 Å². The van der Waals surface area contributed by atoms with E-state index in [2.05, 4.69) is 5.32 Å². The third-order valence-electron chi connectivity index (χ3n) is 5.46. The first-order chi connectivity index (χ1) is 12.7. The zero-order valence-corrected chi connectivity index (χ0v) is 15.2. The molecular formula is C21H24N2O3. The van der Waals surface area contributed by atoms with Crippen molar-refractivity contribution in [3.8, 4) is 11.5 Å². The molecule has 1 fully saturated rings. The van der Waals surface area contributed by atoms with Crippen molar-refractivity contribution in [3.63, 3.8) is 0 Å². The summed E-state index contributed by atoms with van der Waals surface area (Å²) in [6.07, 6.45) is 5.23. The number of amides is 1. The molecule has 0 bridgehead atoms. The summed E-state index contributed by atoms with van der Waals surface area (Å²) in [6, 6.07) is 13.4. The maximum Gasteiger partial charge on any atom is 0.262 e. The van der Waals surface area contributed by atoms with Crippen LogP contribution in [0.5, 0.6) is 11.5 Å². The Morgan fingerprint density at radius 2 is 1.77 bits per heavy atom. The minimum absolute atomic E-state index is 0.0183. The van der Waals surface area contributed by atoms with E-state index in [1.54, 1.807) is 14.2 Å². The predicted molar refractivity (Wildman–Crippen MR) is 102 cm³/mol. The van der Waals surface area contributed by atoms with Crippen LogP contribution in [-0.2, 0) is 0 Å². The molecule has 5 nitrogen and oxygen atoms in total. The predicted octanol–water partition coefficient (Wildman–Crippen LogP) is 4.44. The van der Waals surface area contributed by atoms with Gasteiger partial charge < -0.3 is 14.8 Å². The molecule has 1 amide bonds. The molecule has 1 aliphatic heterocycles. The monoisotopic (exact) mass is 352 g/mol. The van der Waals surface area contributed by atoms with Crippen LogP contribution in [0.4, 0.5) is 11.4 Å². The van der Waals surface area contributed by atoms with Gasteiger partial charge in [-0.1, -0.05) is 18.6 Å². The van der Waals surface area contributed by atoms with Gasteiger partial charge in [-0.15, -0.1) is 0 Å². The van der Waals surface area contributed by atoms with Crippen LogP contribution >= 0.6 is 0 Å². The van der Waals surface area contributed by atoms with E-state index in [0.717, 1.165) is 37.1 Å². The fourth-order valence-corrected chi connectivity index (χ4v) is 4.19. The second-order valence-electron chi connectivity index (χ2n) is 6.94. The summed E-state index contributed by atoms with van der Waals surface area (Å²) in [5, 5.41) is 3.69. The Labute approximate surface area is 153 Å². The molecule has 1 heterocycles. The summed E-state index contributed by atoms with van der Waals surface area (Å²) < 4.78 is 10.9. The Kier molecular flexibility index (Phi) is 4.23. The topological polar surface area (TPSA) is 50.8 Å². The minimum Gasteiger partial charge on any atom is -0.497 e. The molecule has 2 aromatic carbocycles. The quantitative estimate of drug-likeness (QED) is 0.887. The number of benzene rings is 2. The first kappa shape index (κ1) is 16.8. The van der Waals surface area contributed by atoms with Gasteiger partial charge in [0.05, 0.1) is 25.5 Å². The van der Waals surface area contributed by atoms with E-state index >= 15 is 0 Å². The number of rotatable bonds is 3. The van der Waals surface area contributed by atoms with E-state index in [4.69, 9.17) is 9.47 Å². The second-order valence-corrected chi connectivity index (χ2v) is 6.94. The normalized spacial score (nSPS) is 18.2. The summed E-state index contributed by atoms with van der Waals surface area (Å²) >= 11 is 0. The molecule has 2 aromatic rings. The lowest BCUT2D eigenvalue weighted by atomic mass is 9.84. The van der Waals surface area contributed by atoms with Gasteiger partial charge >= 0.3 is 0 Å². The van der Waals surface area contributed by atoms with Gasteiger partial charge in [0.15, 0.2) is 0 Å². The molecule has 4 rings (SSSR count). The van der Waals surface area contributed by atoms with Crippen LogP contribution in [0.1, 0.15) is 42.5 Å². The van der Waals surface area contributed by atoms with E-state index in [-0.39, 0.29) is 5.91 Å². The second kappa shape index (κ2) is 6.56. The van der Waals surface area contributed by atoms with Crippen LogP contribution in [0, 0.1) is 0 Å². The SMILES string of the molecule is COc1ccc(N2C(=O)c3ccccc3NC23CCCCC3)c(OC)c1. The van der Waals surface area contributed by atoms with E-state index in [0.29, 0.717) is 17.1 Å². The van der Waals surface area contributed by atoms with Crippen LogP contribution in [0.15, 0.2) is 42.5 Å². The van der Waals surface area contributed by atoms with Gasteiger partial charge in [0.25, 0.3) is 5.91 Å². The van der Waals surface area contributed by atoms with Crippen LogP contribution in [0.3, 0.4) is 0 Å². The molecule has 2 aliphatic rings. The third-order valence-corrected chi connectivity index (χ3v) is 5.46. The number of carbonyl (C=O) groups excluding carboxylic acids is 1. The van der Waals surface area contributed by atoms with E-state index in [1.807, 2.05) is 47.4 Å². The first-order valence-corrected chi connectivity index (χ1v) is 9.12. The van der Waals surface area contributed by atoms with Gasteiger partial charge in [0.1, 0.15) is 17.2 Å². The summed E-state index contributed by atoms with van der Waals surface area (Å²) in [4.78, 5) is 15.4. The molecule has 0 aromatic heterocycles. The van der Waals surface area contributed by atoms with Gasteiger partial charge in [-0.05, 0) is 49.9 Å². The Morgan fingerprint density at radius 3 is 2.50 bits per heavy atom. The van der Waals surface area contributed by atoms with Crippen molar-refractivity contribution in [1.29, 1.82) is 0 Å². The van der Waals surface area contributed by atoms with Crippen LogP contribution < -0.4 is 19.7 Å². The molecule has 5 heteroatoms. The summed E-state index contributed by atoms with van der Waals surface area (Å²) in [5.74, 6) is 1.37. The first-order valence-electron chi connectivity index (χ1n) is 9.12. The standard InChI is InChI=1S/C21H24N2O3/c1-25-15-10-11-18(19(14-15)26-2)23-20(24)16-8-4-5-9-17(16)22-21(23)12-6-3-7-13-21/h4-5,8-11,14,22H,3,6-7,12-13H2,1-2H3. The lowest BCUT2D eigenvalue weighted by molar-refractivity contribution is 0.0937. The zero-order chi connectivity index (χ0) is 18.1. The minimum atomic E-state index is -0.411. The Bertz CT molecular complexity index is 828. The highest BCUT2D eigenvalue weighted by molar-refractivity contribution is 6.13. The van der Waals surface area contributed by atoms with E-state index in [1.165, 1.54) is 6.42 Å². The smallest absolute Gasteiger partial charge is 0.262 e. The average molecular weight is 352 g/mol. The number of para-hydroxylation sites is 1. The van der Waals surface area contributed by atoms with Gasteiger partial charge in [-0.25, -0.2) is 0 Å². The number of nitrogens with one attached hydrogen (secondary N) is 1.